The molecular formula is C21H24N2OS. The fraction of sp³-hybridized carbons (Fsp3) is 0.286. The fourth-order valence-electron chi connectivity index (χ4n) is 2.67. The highest BCUT2D eigenvalue weighted by Gasteiger charge is 2.08. The summed E-state index contributed by atoms with van der Waals surface area (Å²) in [6.45, 7) is 5.32. The summed E-state index contributed by atoms with van der Waals surface area (Å²) in [5.41, 5.74) is 4.71. The second kappa shape index (κ2) is 8.17. The summed E-state index contributed by atoms with van der Waals surface area (Å²) in [5, 5.41) is 2.21. The van der Waals surface area contributed by atoms with E-state index in [1.807, 2.05) is 24.3 Å². The molecule has 0 fully saturated rings. The number of hydrogen-bond donors (Lipinski definition) is 0. The molecule has 0 saturated carbocycles. The average molecular weight is 353 g/mol. The number of rotatable bonds is 6. The van der Waals surface area contributed by atoms with Gasteiger partial charge in [-0.05, 0) is 43.2 Å². The highest BCUT2D eigenvalue weighted by molar-refractivity contribution is 7.07. The van der Waals surface area contributed by atoms with Crippen molar-refractivity contribution >= 4 is 17.0 Å². The van der Waals surface area contributed by atoms with Crippen LogP contribution in [0.4, 0.5) is 5.69 Å². The summed E-state index contributed by atoms with van der Waals surface area (Å²) in [6, 6.07) is 16.6. The van der Waals surface area contributed by atoms with Crippen molar-refractivity contribution in [3.05, 3.63) is 64.3 Å². The summed E-state index contributed by atoms with van der Waals surface area (Å²) in [4.78, 5) is 5.90. The van der Waals surface area contributed by atoms with Gasteiger partial charge in [0.1, 0.15) is 5.75 Å². The molecule has 1 heterocycles. The van der Waals surface area contributed by atoms with Crippen molar-refractivity contribution in [3.8, 4) is 17.0 Å². The van der Waals surface area contributed by atoms with Gasteiger partial charge in [-0.15, -0.1) is 11.3 Å². The molecule has 130 valence electrons. The Balaban J connectivity index is 2.03. The third kappa shape index (κ3) is 4.20. The molecule has 0 saturated heterocycles. The van der Waals surface area contributed by atoms with Crippen LogP contribution in [0.2, 0.25) is 0 Å². The zero-order valence-electron chi connectivity index (χ0n) is 15.0. The molecule has 0 N–H and O–H groups in total. The van der Waals surface area contributed by atoms with Crippen molar-refractivity contribution < 1.29 is 4.74 Å². The van der Waals surface area contributed by atoms with Crippen molar-refractivity contribution in [1.82, 2.24) is 4.57 Å². The first-order chi connectivity index (χ1) is 12.2. The number of aryl methyl sites for hydroxylation is 1. The highest BCUT2D eigenvalue weighted by atomic mass is 32.1. The van der Waals surface area contributed by atoms with Gasteiger partial charge in [0.15, 0.2) is 4.80 Å². The van der Waals surface area contributed by atoms with Gasteiger partial charge >= 0.3 is 0 Å². The smallest absolute Gasteiger partial charge is 0.190 e. The summed E-state index contributed by atoms with van der Waals surface area (Å²) in [6.07, 6.45) is 2.31. The van der Waals surface area contributed by atoms with Crippen LogP contribution in [0, 0.1) is 6.92 Å². The number of thiazole rings is 1. The summed E-state index contributed by atoms with van der Waals surface area (Å²) in [7, 11) is 1.68. The second-order valence-electron chi connectivity index (χ2n) is 6.08. The molecule has 3 aromatic rings. The maximum Gasteiger partial charge on any atom is 0.190 e. The Kier molecular flexibility index (Phi) is 5.71. The lowest BCUT2D eigenvalue weighted by atomic mass is 10.1. The first-order valence-corrected chi connectivity index (χ1v) is 9.53. The number of nitrogens with zero attached hydrogens (tertiary/aromatic N) is 2. The molecule has 3 nitrogen and oxygen atoms in total. The van der Waals surface area contributed by atoms with Gasteiger partial charge in [0, 0.05) is 11.9 Å². The molecular weight excluding hydrogens is 328 g/mol. The van der Waals surface area contributed by atoms with E-state index in [9.17, 15) is 0 Å². The van der Waals surface area contributed by atoms with E-state index in [1.165, 1.54) is 16.8 Å². The Morgan fingerprint density at radius 1 is 1.04 bits per heavy atom. The number of methoxy groups -OCH3 is 1. The lowest BCUT2D eigenvalue weighted by molar-refractivity contribution is 0.415. The average Bonchev–Trinajstić information content (AvgIpc) is 3.03. The zero-order valence-corrected chi connectivity index (χ0v) is 15.8. The van der Waals surface area contributed by atoms with Gasteiger partial charge in [0.05, 0.1) is 18.5 Å². The summed E-state index contributed by atoms with van der Waals surface area (Å²) in [5.74, 6) is 0.851. The van der Waals surface area contributed by atoms with Crippen LogP contribution in [-0.2, 0) is 6.54 Å². The molecule has 1 aromatic heterocycles. The molecule has 0 bridgehead atoms. The van der Waals surface area contributed by atoms with E-state index in [4.69, 9.17) is 9.73 Å². The molecule has 2 aromatic carbocycles. The Morgan fingerprint density at radius 3 is 2.40 bits per heavy atom. The van der Waals surface area contributed by atoms with Gasteiger partial charge in [-0.25, -0.2) is 4.99 Å². The molecule has 0 unspecified atom stereocenters. The molecule has 25 heavy (non-hydrogen) atoms. The maximum atomic E-state index is 5.22. The van der Waals surface area contributed by atoms with E-state index < -0.39 is 0 Å². The topological polar surface area (TPSA) is 26.5 Å². The predicted molar refractivity (Wildman–Crippen MR) is 106 cm³/mol. The Morgan fingerprint density at radius 2 is 1.76 bits per heavy atom. The van der Waals surface area contributed by atoms with Crippen molar-refractivity contribution in [2.75, 3.05) is 7.11 Å². The number of unbranched alkanes of at least 4 members (excludes halogenated alkanes) is 1. The van der Waals surface area contributed by atoms with E-state index in [0.717, 1.165) is 35.6 Å². The minimum absolute atomic E-state index is 0.851. The summed E-state index contributed by atoms with van der Waals surface area (Å²) < 4.78 is 7.56. The quantitative estimate of drug-likeness (QED) is 0.570. The van der Waals surface area contributed by atoms with Crippen LogP contribution in [0.25, 0.3) is 11.3 Å². The maximum absolute atomic E-state index is 5.22. The van der Waals surface area contributed by atoms with Gasteiger partial charge in [0.2, 0.25) is 0 Å². The SMILES string of the molecule is CCCCn1c(-c2ccc(C)cc2)csc1=Nc1ccc(OC)cc1. The largest absolute Gasteiger partial charge is 0.497 e. The zero-order chi connectivity index (χ0) is 17.6. The molecule has 0 atom stereocenters. The molecule has 0 spiro atoms. The van der Waals surface area contributed by atoms with E-state index in [0.29, 0.717) is 0 Å². The number of hydrogen-bond acceptors (Lipinski definition) is 3. The van der Waals surface area contributed by atoms with Crippen molar-refractivity contribution in [1.29, 1.82) is 0 Å². The first-order valence-electron chi connectivity index (χ1n) is 8.65. The van der Waals surface area contributed by atoms with E-state index in [2.05, 4.69) is 48.1 Å². The molecule has 0 aliphatic carbocycles. The molecule has 3 rings (SSSR count). The lowest BCUT2D eigenvalue weighted by Crippen LogP contribution is -2.15. The number of aromatic nitrogens is 1. The third-order valence-corrected chi connectivity index (χ3v) is 5.04. The van der Waals surface area contributed by atoms with Crippen molar-refractivity contribution in [3.63, 3.8) is 0 Å². The standard InChI is InChI=1S/C21H24N2OS/c1-4-5-14-23-20(17-8-6-16(2)7-9-17)15-25-21(23)22-18-10-12-19(24-3)13-11-18/h6-13,15H,4-5,14H2,1-3H3. The van der Waals surface area contributed by atoms with Crippen LogP contribution < -0.4 is 9.54 Å². The Labute approximate surface area is 153 Å². The molecule has 0 amide bonds. The Bertz CT molecular complexity index is 874. The highest BCUT2D eigenvalue weighted by Crippen LogP contribution is 2.22. The number of ether oxygens (including phenoxy) is 1. The van der Waals surface area contributed by atoms with Gasteiger partial charge in [-0.2, -0.15) is 0 Å². The van der Waals surface area contributed by atoms with Crippen LogP contribution in [0.1, 0.15) is 25.3 Å². The van der Waals surface area contributed by atoms with Crippen LogP contribution in [0.5, 0.6) is 5.75 Å². The predicted octanol–water partition coefficient (Wildman–Crippen LogP) is 5.57. The van der Waals surface area contributed by atoms with Gasteiger partial charge < -0.3 is 9.30 Å². The second-order valence-corrected chi connectivity index (χ2v) is 6.92. The molecule has 0 aliphatic rings. The van der Waals surface area contributed by atoms with Crippen molar-refractivity contribution in [2.24, 2.45) is 4.99 Å². The Hall–Kier alpha value is -2.33. The molecule has 4 heteroatoms. The third-order valence-electron chi connectivity index (χ3n) is 4.18. The number of benzene rings is 2. The van der Waals surface area contributed by atoms with Crippen LogP contribution >= 0.6 is 11.3 Å². The van der Waals surface area contributed by atoms with Gasteiger partial charge in [0.25, 0.3) is 0 Å². The minimum atomic E-state index is 0.851. The molecule has 0 aliphatic heterocycles. The van der Waals surface area contributed by atoms with E-state index in [-0.39, 0.29) is 0 Å². The normalized spacial score (nSPS) is 11.7. The van der Waals surface area contributed by atoms with Crippen LogP contribution in [0.15, 0.2) is 58.9 Å². The lowest BCUT2D eigenvalue weighted by Gasteiger charge is -2.09. The molecule has 0 radical (unpaired) electrons. The van der Waals surface area contributed by atoms with Crippen LogP contribution in [-0.4, -0.2) is 11.7 Å². The van der Waals surface area contributed by atoms with E-state index in [1.54, 1.807) is 18.4 Å². The van der Waals surface area contributed by atoms with Gasteiger partial charge in [-0.3, -0.25) is 0 Å². The van der Waals surface area contributed by atoms with Gasteiger partial charge in [-0.1, -0.05) is 43.2 Å². The van der Waals surface area contributed by atoms with E-state index >= 15 is 0 Å². The van der Waals surface area contributed by atoms with Crippen LogP contribution in [0.3, 0.4) is 0 Å². The van der Waals surface area contributed by atoms with Crippen molar-refractivity contribution in [2.45, 2.75) is 33.2 Å². The monoisotopic (exact) mass is 352 g/mol. The minimum Gasteiger partial charge on any atom is -0.497 e. The fourth-order valence-corrected chi connectivity index (χ4v) is 3.63. The first kappa shape index (κ1) is 17.5. The summed E-state index contributed by atoms with van der Waals surface area (Å²) >= 11 is 1.70.